The molecule has 4 heteroatoms. The molecule has 1 heterocycles. The second kappa shape index (κ2) is 5.43. The smallest absolute Gasteiger partial charge is 0.336 e. The van der Waals surface area contributed by atoms with E-state index in [1.165, 1.54) is 0 Å². The summed E-state index contributed by atoms with van der Waals surface area (Å²) in [5.41, 5.74) is 4.35. The van der Waals surface area contributed by atoms with E-state index in [4.69, 9.17) is 11.6 Å². The first-order valence-electron chi connectivity index (χ1n) is 6.87. The summed E-state index contributed by atoms with van der Waals surface area (Å²) < 4.78 is 0. The van der Waals surface area contributed by atoms with Crippen LogP contribution in [0.1, 0.15) is 21.5 Å². The third kappa shape index (κ3) is 2.44. The highest BCUT2D eigenvalue weighted by atomic mass is 35.5. The number of aromatic carboxylic acids is 1. The first-order chi connectivity index (χ1) is 10.5. The predicted octanol–water partition coefficient (Wildman–Crippen LogP) is 4.87. The number of carboxylic acid groups (broad SMARTS) is 1. The Morgan fingerprint density at radius 1 is 1.05 bits per heavy atom. The van der Waals surface area contributed by atoms with Gasteiger partial charge in [0.15, 0.2) is 0 Å². The van der Waals surface area contributed by atoms with Crippen molar-refractivity contribution in [2.75, 3.05) is 0 Å². The highest BCUT2D eigenvalue weighted by molar-refractivity contribution is 6.30. The van der Waals surface area contributed by atoms with E-state index in [2.05, 4.69) is 4.98 Å². The summed E-state index contributed by atoms with van der Waals surface area (Å²) in [5, 5.41) is 10.9. The van der Waals surface area contributed by atoms with E-state index >= 15 is 0 Å². The molecule has 0 aliphatic rings. The number of benzene rings is 2. The summed E-state index contributed by atoms with van der Waals surface area (Å²) in [4.78, 5) is 16.3. The van der Waals surface area contributed by atoms with Crippen LogP contribution in [0.5, 0.6) is 0 Å². The minimum absolute atomic E-state index is 0.274. The van der Waals surface area contributed by atoms with E-state index in [1.54, 1.807) is 18.2 Å². The fourth-order valence-electron chi connectivity index (χ4n) is 2.58. The van der Waals surface area contributed by atoms with E-state index in [1.807, 2.05) is 38.1 Å². The van der Waals surface area contributed by atoms with Gasteiger partial charge in [0, 0.05) is 16.0 Å². The van der Waals surface area contributed by atoms with E-state index in [9.17, 15) is 9.90 Å². The standard InChI is InChI=1S/C18H14ClNO2/c1-10-3-4-11(2)17-16(10)14(18(21)22)9-15(20-17)12-5-7-13(19)8-6-12/h3-9H,1-2H3,(H,21,22). The second-order valence-corrected chi connectivity index (χ2v) is 5.73. The number of aromatic nitrogens is 1. The molecule has 0 saturated carbocycles. The van der Waals surface area contributed by atoms with Crippen LogP contribution in [0.25, 0.3) is 22.2 Å². The van der Waals surface area contributed by atoms with Crippen molar-refractivity contribution in [3.05, 3.63) is 64.2 Å². The summed E-state index contributed by atoms with van der Waals surface area (Å²) in [5.74, 6) is -0.948. The largest absolute Gasteiger partial charge is 0.478 e. The molecule has 2 aromatic carbocycles. The fraction of sp³-hybridized carbons (Fsp3) is 0.111. The van der Waals surface area contributed by atoms with Crippen LogP contribution in [0.4, 0.5) is 0 Å². The first kappa shape index (κ1) is 14.5. The second-order valence-electron chi connectivity index (χ2n) is 5.29. The number of nitrogens with zero attached hydrogens (tertiary/aromatic N) is 1. The number of hydrogen-bond acceptors (Lipinski definition) is 2. The van der Waals surface area contributed by atoms with Crippen molar-refractivity contribution in [2.24, 2.45) is 0 Å². The number of fused-ring (bicyclic) bond motifs is 1. The summed E-state index contributed by atoms with van der Waals surface area (Å²) in [7, 11) is 0. The van der Waals surface area contributed by atoms with Crippen molar-refractivity contribution in [1.29, 1.82) is 0 Å². The van der Waals surface area contributed by atoms with Crippen LogP contribution in [0, 0.1) is 13.8 Å². The van der Waals surface area contributed by atoms with Gasteiger partial charge in [0.05, 0.1) is 16.8 Å². The van der Waals surface area contributed by atoms with Crippen molar-refractivity contribution < 1.29 is 9.90 Å². The van der Waals surface area contributed by atoms with Gasteiger partial charge in [0.25, 0.3) is 0 Å². The molecule has 3 rings (SSSR count). The monoisotopic (exact) mass is 311 g/mol. The van der Waals surface area contributed by atoms with Crippen molar-refractivity contribution in [3.63, 3.8) is 0 Å². The van der Waals surface area contributed by atoms with Crippen LogP contribution in [0.3, 0.4) is 0 Å². The Kier molecular flexibility index (Phi) is 3.59. The molecule has 0 aliphatic carbocycles. The molecule has 0 fully saturated rings. The van der Waals surface area contributed by atoms with Crippen LogP contribution < -0.4 is 0 Å². The lowest BCUT2D eigenvalue weighted by atomic mass is 9.98. The number of rotatable bonds is 2. The topological polar surface area (TPSA) is 50.2 Å². The Labute approximate surface area is 133 Å². The molecule has 0 atom stereocenters. The highest BCUT2D eigenvalue weighted by Gasteiger charge is 2.16. The molecule has 3 nitrogen and oxygen atoms in total. The van der Waals surface area contributed by atoms with Crippen LogP contribution in [0.15, 0.2) is 42.5 Å². The molecule has 0 spiro atoms. The minimum atomic E-state index is -0.948. The van der Waals surface area contributed by atoms with Gasteiger partial charge < -0.3 is 5.11 Å². The molecule has 3 aromatic rings. The Morgan fingerprint density at radius 2 is 1.68 bits per heavy atom. The summed E-state index contributed by atoms with van der Waals surface area (Å²) in [6.07, 6.45) is 0. The SMILES string of the molecule is Cc1ccc(C)c2c(C(=O)O)cc(-c3ccc(Cl)cc3)nc12. The van der Waals surface area contributed by atoms with Crippen molar-refractivity contribution in [1.82, 2.24) is 4.98 Å². The van der Waals surface area contributed by atoms with Gasteiger partial charge in [0.2, 0.25) is 0 Å². The quantitative estimate of drug-likeness (QED) is 0.734. The van der Waals surface area contributed by atoms with E-state index < -0.39 is 5.97 Å². The van der Waals surface area contributed by atoms with Crippen LogP contribution in [0.2, 0.25) is 5.02 Å². The van der Waals surface area contributed by atoms with Crippen molar-refractivity contribution in [2.45, 2.75) is 13.8 Å². The van der Waals surface area contributed by atoms with Gasteiger partial charge >= 0.3 is 5.97 Å². The summed E-state index contributed by atoms with van der Waals surface area (Å²) in [6.45, 7) is 3.84. The molecule has 0 unspecified atom stereocenters. The van der Waals surface area contributed by atoms with Crippen molar-refractivity contribution >= 4 is 28.5 Å². The Morgan fingerprint density at radius 3 is 2.32 bits per heavy atom. The normalized spacial score (nSPS) is 10.9. The fourth-order valence-corrected chi connectivity index (χ4v) is 2.71. The molecule has 22 heavy (non-hydrogen) atoms. The average Bonchev–Trinajstić information content (AvgIpc) is 2.50. The lowest BCUT2D eigenvalue weighted by Gasteiger charge is -2.11. The van der Waals surface area contributed by atoms with Gasteiger partial charge in [-0.05, 0) is 43.2 Å². The zero-order valence-electron chi connectivity index (χ0n) is 12.2. The lowest BCUT2D eigenvalue weighted by Crippen LogP contribution is -2.02. The molecule has 1 aromatic heterocycles. The van der Waals surface area contributed by atoms with Gasteiger partial charge in [-0.15, -0.1) is 0 Å². The van der Waals surface area contributed by atoms with Gasteiger partial charge in [-0.1, -0.05) is 35.9 Å². The third-order valence-electron chi connectivity index (χ3n) is 3.74. The molecule has 0 radical (unpaired) electrons. The van der Waals surface area contributed by atoms with Gasteiger partial charge in [-0.3, -0.25) is 0 Å². The van der Waals surface area contributed by atoms with Gasteiger partial charge in [-0.2, -0.15) is 0 Å². The Balaban J connectivity index is 2.36. The van der Waals surface area contributed by atoms with Crippen LogP contribution in [-0.4, -0.2) is 16.1 Å². The molecule has 0 saturated heterocycles. The predicted molar refractivity (Wildman–Crippen MR) is 88.6 cm³/mol. The van der Waals surface area contributed by atoms with Gasteiger partial charge in [-0.25, -0.2) is 9.78 Å². The molecule has 1 N–H and O–H groups in total. The van der Waals surface area contributed by atoms with E-state index in [0.717, 1.165) is 22.2 Å². The number of pyridine rings is 1. The highest BCUT2D eigenvalue weighted by Crippen LogP contribution is 2.29. The maximum atomic E-state index is 11.7. The number of carbonyl (C=O) groups is 1. The van der Waals surface area contributed by atoms with Crippen LogP contribution >= 0.6 is 11.6 Å². The zero-order valence-corrected chi connectivity index (χ0v) is 13.0. The number of hydrogen-bond donors (Lipinski definition) is 1. The van der Waals surface area contributed by atoms with E-state index in [0.29, 0.717) is 16.1 Å². The Bertz CT molecular complexity index is 886. The van der Waals surface area contributed by atoms with Crippen LogP contribution in [-0.2, 0) is 0 Å². The molecular formula is C18H14ClNO2. The average molecular weight is 312 g/mol. The first-order valence-corrected chi connectivity index (χ1v) is 7.25. The van der Waals surface area contributed by atoms with Gasteiger partial charge in [0.1, 0.15) is 0 Å². The third-order valence-corrected chi connectivity index (χ3v) is 3.99. The van der Waals surface area contributed by atoms with Crippen molar-refractivity contribution in [3.8, 4) is 11.3 Å². The zero-order chi connectivity index (χ0) is 15.9. The lowest BCUT2D eigenvalue weighted by molar-refractivity contribution is 0.0699. The summed E-state index contributed by atoms with van der Waals surface area (Å²) in [6, 6.07) is 12.7. The van der Waals surface area contributed by atoms with E-state index in [-0.39, 0.29) is 5.56 Å². The molecule has 110 valence electrons. The molecular weight excluding hydrogens is 298 g/mol. The summed E-state index contributed by atoms with van der Waals surface area (Å²) >= 11 is 5.91. The number of carboxylic acids is 1. The maximum absolute atomic E-state index is 11.7. The molecule has 0 aliphatic heterocycles. The number of aryl methyl sites for hydroxylation is 2. The maximum Gasteiger partial charge on any atom is 0.336 e. The Hall–Kier alpha value is -2.39. The number of halogens is 1. The minimum Gasteiger partial charge on any atom is -0.478 e. The molecule has 0 amide bonds. The molecule has 0 bridgehead atoms.